The van der Waals surface area contributed by atoms with Crippen molar-refractivity contribution in [2.45, 2.75) is 6.92 Å². The van der Waals surface area contributed by atoms with E-state index in [0.717, 1.165) is 0 Å². The van der Waals surface area contributed by atoms with Gasteiger partial charge in [-0.2, -0.15) is 5.26 Å². The third-order valence-corrected chi connectivity index (χ3v) is 4.11. The molecule has 0 aliphatic carbocycles. The van der Waals surface area contributed by atoms with Gasteiger partial charge in [-0.1, -0.05) is 6.07 Å². The molecule has 9 heteroatoms. The largest absolute Gasteiger partial charge is 0.464 e. The number of carbonyl (C=O) groups excluding carboxylic acids is 2. The molecule has 0 saturated carbocycles. The highest BCUT2D eigenvalue weighted by Gasteiger charge is 2.22. The maximum absolute atomic E-state index is 12.2. The first-order valence-corrected chi connectivity index (χ1v) is 8.89. The number of carbonyl (C=O) groups is 2. The average molecular weight is 406 g/mol. The van der Waals surface area contributed by atoms with Gasteiger partial charge in [-0.15, -0.1) is 0 Å². The van der Waals surface area contributed by atoms with E-state index in [-0.39, 0.29) is 29.4 Å². The van der Waals surface area contributed by atoms with Gasteiger partial charge in [-0.05, 0) is 25.1 Å². The van der Waals surface area contributed by atoms with E-state index in [2.05, 4.69) is 4.98 Å². The molecule has 0 amide bonds. The molecule has 0 aliphatic heterocycles. The number of nitrogens with zero attached hydrogens (tertiary/aromatic N) is 3. The lowest BCUT2D eigenvalue weighted by atomic mass is 10.2. The predicted molar refractivity (Wildman–Crippen MR) is 107 cm³/mol. The Labute approximate surface area is 172 Å². The van der Waals surface area contributed by atoms with Gasteiger partial charge in [0.15, 0.2) is 5.69 Å². The molecule has 0 bridgehead atoms. The molecular formula is C21H18N4O5. The number of hydrogen-bond donors (Lipinski definition) is 1. The maximum atomic E-state index is 12.2. The number of aromatic nitrogens is 2. The maximum Gasteiger partial charge on any atom is 0.357 e. The van der Waals surface area contributed by atoms with Crippen molar-refractivity contribution >= 4 is 17.6 Å². The van der Waals surface area contributed by atoms with Crippen molar-refractivity contribution in [3.63, 3.8) is 0 Å². The summed E-state index contributed by atoms with van der Waals surface area (Å²) in [5, 5.41) is 9.25. The molecule has 0 spiro atoms. The van der Waals surface area contributed by atoms with Crippen LogP contribution in [0.1, 0.15) is 33.3 Å². The van der Waals surface area contributed by atoms with E-state index >= 15 is 0 Å². The fourth-order valence-electron chi connectivity index (χ4n) is 2.74. The Morgan fingerprint density at radius 2 is 2.03 bits per heavy atom. The lowest BCUT2D eigenvalue weighted by Crippen LogP contribution is -2.11. The Hall–Kier alpha value is -4.32. The Kier molecular flexibility index (Phi) is 5.98. The summed E-state index contributed by atoms with van der Waals surface area (Å²) in [5.41, 5.74) is 6.96. The van der Waals surface area contributed by atoms with Crippen molar-refractivity contribution in [3.05, 3.63) is 65.6 Å². The molecule has 0 aliphatic rings. The van der Waals surface area contributed by atoms with Crippen LogP contribution in [0.5, 0.6) is 11.6 Å². The molecule has 9 nitrogen and oxygen atoms in total. The van der Waals surface area contributed by atoms with Crippen LogP contribution in [0.25, 0.3) is 5.69 Å². The second kappa shape index (κ2) is 8.79. The van der Waals surface area contributed by atoms with Gasteiger partial charge in [0.2, 0.25) is 5.88 Å². The number of methoxy groups -OCH3 is 1. The molecule has 0 radical (unpaired) electrons. The molecule has 1 aromatic carbocycles. The molecule has 0 saturated heterocycles. The fourth-order valence-corrected chi connectivity index (χ4v) is 2.74. The second-order valence-corrected chi connectivity index (χ2v) is 5.98. The third-order valence-electron chi connectivity index (χ3n) is 4.11. The van der Waals surface area contributed by atoms with Crippen molar-refractivity contribution in [3.8, 4) is 23.4 Å². The molecule has 2 N–H and O–H groups in total. The topological polar surface area (TPSA) is 129 Å². The second-order valence-electron chi connectivity index (χ2n) is 5.98. The summed E-state index contributed by atoms with van der Waals surface area (Å²) in [4.78, 5) is 28.2. The van der Waals surface area contributed by atoms with Crippen LogP contribution in [0.3, 0.4) is 0 Å². The van der Waals surface area contributed by atoms with Gasteiger partial charge < -0.3 is 24.5 Å². The number of nitrogen functional groups attached to an aromatic ring is 1. The monoisotopic (exact) mass is 406 g/mol. The van der Waals surface area contributed by atoms with Crippen LogP contribution in [0, 0.1) is 11.3 Å². The van der Waals surface area contributed by atoms with Gasteiger partial charge in [-0.3, -0.25) is 0 Å². The molecule has 152 valence electrons. The Balaban J connectivity index is 1.95. The van der Waals surface area contributed by atoms with Gasteiger partial charge in [0.05, 0.1) is 30.5 Å². The zero-order valence-electron chi connectivity index (χ0n) is 16.3. The molecular weight excluding hydrogens is 388 g/mol. The van der Waals surface area contributed by atoms with Crippen LogP contribution >= 0.6 is 0 Å². The SMILES string of the molecule is CCOC(=O)c1ccnc(Oc2cccc(-n3cc(C#N)c(N)c3C(=O)OC)c2)c1. The fraction of sp³-hybridized carbons (Fsp3) is 0.143. The zero-order chi connectivity index (χ0) is 21.7. The minimum Gasteiger partial charge on any atom is -0.464 e. The van der Waals surface area contributed by atoms with E-state index in [4.69, 9.17) is 19.9 Å². The highest BCUT2D eigenvalue weighted by Crippen LogP contribution is 2.28. The summed E-state index contributed by atoms with van der Waals surface area (Å²) < 4.78 is 17.0. The summed E-state index contributed by atoms with van der Waals surface area (Å²) >= 11 is 0. The van der Waals surface area contributed by atoms with E-state index in [0.29, 0.717) is 17.0 Å². The van der Waals surface area contributed by atoms with Crippen molar-refractivity contribution in [1.82, 2.24) is 9.55 Å². The lowest BCUT2D eigenvalue weighted by molar-refractivity contribution is 0.0524. The normalized spacial score (nSPS) is 10.2. The summed E-state index contributed by atoms with van der Waals surface area (Å²) in [6.45, 7) is 1.98. The van der Waals surface area contributed by atoms with Crippen molar-refractivity contribution < 1.29 is 23.8 Å². The van der Waals surface area contributed by atoms with E-state index in [1.807, 2.05) is 6.07 Å². The third kappa shape index (κ3) is 4.07. The average Bonchev–Trinajstić information content (AvgIpc) is 3.10. The van der Waals surface area contributed by atoms with Gasteiger partial charge in [-0.25, -0.2) is 14.6 Å². The first-order valence-electron chi connectivity index (χ1n) is 8.89. The van der Waals surface area contributed by atoms with Crippen LogP contribution in [0.15, 0.2) is 48.8 Å². The Morgan fingerprint density at radius 3 is 2.73 bits per heavy atom. The molecule has 3 rings (SSSR count). The number of nitriles is 1. The standard InChI is InChI=1S/C21H18N4O5/c1-3-29-20(26)13-7-8-24-17(9-13)30-16-6-4-5-15(10-16)25-12-14(11-22)18(23)19(25)21(27)28-2/h4-10,12H,3,23H2,1-2H3. The van der Waals surface area contributed by atoms with Crippen molar-refractivity contribution in [2.24, 2.45) is 0 Å². The molecule has 0 atom stereocenters. The van der Waals surface area contributed by atoms with Gasteiger partial charge in [0, 0.05) is 30.2 Å². The van der Waals surface area contributed by atoms with Crippen LogP contribution in [0.2, 0.25) is 0 Å². The van der Waals surface area contributed by atoms with Gasteiger partial charge in [0.1, 0.15) is 11.8 Å². The summed E-state index contributed by atoms with van der Waals surface area (Å²) in [7, 11) is 1.23. The van der Waals surface area contributed by atoms with E-state index < -0.39 is 11.9 Å². The first kappa shape index (κ1) is 20.4. The van der Waals surface area contributed by atoms with Crippen molar-refractivity contribution in [2.75, 3.05) is 19.5 Å². The minimum atomic E-state index is -0.677. The van der Waals surface area contributed by atoms with E-state index in [9.17, 15) is 14.9 Å². The van der Waals surface area contributed by atoms with Crippen LogP contribution < -0.4 is 10.5 Å². The lowest BCUT2D eigenvalue weighted by Gasteiger charge is -2.11. The number of esters is 2. The van der Waals surface area contributed by atoms with Crippen LogP contribution in [-0.2, 0) is 9.47 Å². The van der Waals surface area contributed by atoms with E-state index in [1.165, 1.54) is 36.2 Å². The highest BCUT2D eigenvalue weighted by atomic mass is 16.5. The molecule has 2 heterocycles. The molecule has 30 heavy (non-hydrogen) atoms. The number of pyridine rings is 1. The Morgan fingerprint density at radius 1 is 1.23 bits per heavy atom. The number of anilines is 1. The van der Waals surface area contributed by atoms with Crippen molar-refractivity contribution in [1.29, 1.82) is 5.26 Å². The highest BCUT2D eigenvalue weighted by molar-refractivity contribution is 5.96. The van der Waals surface area contributed by atoms with E-state index in [1.54, 1.807) is 31.2 Å². The zero-order valence-corrected chi connectivity index (χ0v) is 16.3. The first-order chi connectivity index (χ1) is 14.5. The number of rotatable bonds is 6. The minimum absolute atomic E-state index is 0.0273. The van der Waals surface area contributed by atoms with Gasteiger partial charge >= 0.3 is 11.9 Å². The number of ether oxygens (including phenoxy) is 3. The number of hydrogen-bond acceptors (Lipinski definition) is 8. The van der Waals surface area contributed by atoms with Crippen LogP contribution in [0.4, 0.5) is 5.69 Å². The summed E-state index contributed by atoms with van der Waals surface area (Å²) in [5.74, 6) is -0.574. The summed E-state index contributed by atoms with van der Waals surface area (Å²) in [6, 6.07) is 11.7. The van der Waals surface area contributed by atoms with Crippen LogP contribution in [-0.4, -0.2) is 35.2 Å². The molecule has 0 fully saturated rings. The smallest absolute Gasteiger partial charge is 0.357 e. The number of benzene rings is 1. The molecule has 2 aromatic heterocycles. The summed E-state index contributed by atoms with van der Waals surface area (Å²) in [6.07, 6.45) is 2.88. The van der Waals surface area contributed by atoms with Gasteiger partial charge in [0.25, 0.3) is 0 Å². The molecule has 3 aromatic rings. The predicted octanol–water partition coefficient (Wildman–Crippen LogP) is 3.08. The number of nitrogens with two attached hydrogens (primary N) is 1. The Bertz CT molecular complexity index is 1150. The molecule has 0 unspecified atom stereocenters. The quantitative estimate of drug-likeness (QED) is 0.618.